The van der Waals surface area contributed by atoms with Crippen LogP contribution in [0, 0.1) is 5.92 Å². The number of benzene rings is 1. The van der Waals surface area contributed by atoms with E-state index in [-0.39, 0.29) is 23.8 Å². The van der Waals surface area contributed by atoms with Gasteiger partial charge in [-0.05, 0) is 33.5 Å². The van der Waals surface area contributed by atoms with Crippen LogP contribution in [0.3, 0.4) is 0 Å². The van der Waals surface area contributed by atoms with E-state index in [9.17, 15) is 9.59 Å². The van der Waals surface area contributed by atoms with Gasteiger partial charge < -0.3 is 10.2 Å². The van der Waals surface area contributed by atoms with Crippen LogP contribution in [0.2, 0.25) is 0 Å². The number of rotatable bonds is 3. The average molecular weight is 340 g/mol. The summed E-state index contributed by atoms with van der Waals surface area (Å²) in [7, 11) is 0. The Morgan fingerprint density at radius 1 is 1.21 bits per heavy atom. The number of hydrogen-bond acceptors (Lipinski definition) is 3. The summed E-state index contributed by atoms with van der Waals surface area (Å²) in [5.41, 5.74) is 3.58. The first kappa shape index (κ1) is 15.4. The van der Waals surface area contributed by atoms with Gasteiger partial charge in [-0.1, -0.05) is 24.3 Å². The lowest BCUT2D eigenvalue weighted by molar-refractivity contribution is -0.129. The second-order valence-electron chi connectivity index (χ2n) is 6.68. The fraction of sp³-hybridized carbons (Fsp3) is 0.368. The van der Waals surface area contributed by atoms with Gasteiger partial charge in [0.1, 0.15) is 0 Å². The highest BCUT2D eigenvalue weighted by Gasteiger charge is 2.47. The standard InChI is InChI=1S/C19H20N2O2S/c1-12(22)20-19-15-5-3-2-4-14(15)16-9-21(10-17(16)19)18(23)8-13-6-7-24-11-13/h2-7,11,16-17,19H,8-10H2,1H3,(H,20,22)/t16-,17-,19+/m0/s1. The number of thiophene rings is 1. The molecule has 0 bridgehead atoms. The first-order chi connectivity index (χ1) is 11.6. The third-order valence-corrected chi connectivity index (χ3v) is 5.90. The second-order valence-corrected chi connectivity index (χ2v) is 7.46. The van der Waals surface area contributed by atoms with Gasteiger partial charge >= 0.3 is 0 Å². The fourth-order valence-electron chi connectivity index (χ4n) is 4.15. The van der Waals surface area contributed by atoms with Gasteiger partial charge in [0.2, 0.25) is 11.8 Å². The fourth-order valence-corrected chi connectivity index (χ4v) is 4.81. The van der Waals surface area contributed by atoms with Crippen LogP contribution in [-0.4, -0.2) is 29.8 Å². The van der Waals surface area contributed by atoms with Crippen molar-refractivity contribution in [2.45, 2.75) is 25.3 Å². The number of hydrogen-bond donors (Lipinski definition) is 1. The number of nitrogens with zero attached hydrogens (tertiary/aromatic N) is 1. The van der Waals surface area contributed by atoms with Crippen molar-refractivity contribution in [3.8, 4) is 0 Å². The molecule has 1 saturated heterocycles. The van der Waals surface area contributed by atoms with Crippen LogP contribution >= 0.6 is 11.3 Å². The Hall–Kier alpha value is -2.14. The van der Waals surface area contributed by atoms with E-state index in [0.29, 0.717) is 18.9 Å². The lowest BCUT2D eigenvalue weighted by atomic mass is 9.94. The number of likely N-dealkylation sites (tertiary alicyclic amines) is 1. The van der Waals surface area contributed by atoms with Crippen LogP contribution in [0.4, 0.5) is 0 Å². The maximum absolute atomic E-state index is 12.6. The Morgan fingerprint density at radius 3 is 2.71 bits per heavy atom. The van der Waals surface area contributed by atoms with Gasteiger partial charge in [-0.25, -0.2) is 0 Å². The summed E-state index contributed by atoms with van der Waals surface area (Å²) in [6.45, 7) is 3.03. The first-order valence-electron chi connectivity index (χ1n) is 8.28. The van der Waals surface area contributed by atoms with E-state index >= 15 is 0 Å². The molecule has 0 saturated carbocycles. The van der Waals surface area contributed by atoms with E-state index in [0.717, 1.165) is 12.1 Å². The van der Waals surface area contributed by atoms with E-state index < -0.39 is 0 Å². The van der Waals surface area contributed by atoms with E-state index in [4.69, 9.17) is 0 Å². The Kier molecular flexibility index (Phi) is 3.88. The van der Waals surface area contributed by atoms with Gasteiger partial charge in [-0.2, -0.15) is 11.3 Å². The third kappa shape index (κ3) is 2.63. The summed E-state index contributed by atoms with van der Waals surface area (Å²) in [5.74, 6) is 0.766. The maximum Gasteiger partial charge on any atom is 0.227 e. The molecule has 0 radical (unpaired) electrons. The zero-order valence-corrected chi connectivity index (χ0v) is 14.4. The highest BCUT2D eigenvalue weighted by atomic mass is 32.1. The molecule has 1 aliphatic heterocycles. The molecular formula is C19H20N2O2S. The van der Waals surface area contributed by atoms with Crippen molar-refractivity contribution < 1.29 is 9.59 Å². The quantitative estimate of drug-likeness (QED) is 0.934. The smallest absolute Gasteiger partial charge is 0.227 e. The molecule has 1 aliphatic carbocycles. The zero-order valence-electron chi connectivity index (χ0n) is 13.6. The molecule has 1 N–H and O–H groups in total. The lowest BCUT2D eigenvalue weighted by Gasteiger charge is -2.22. The molecular weight excluding hydrogens is 320 g/mol. The van der Waals surface area contributed by atoms with Gasteiger partial charge in [-0.15, -0.1) is 0 Å². The Morgan fingerprint density at radius 2 is 2.00 bits per heavy atom. The van der Waals surface area contributed by atoms with Crippen molar-refractivity contribution >= 4 is 23.2 Å². The number of nitrogens with one attached hydrogen (secondary N) is 1. The van der Waals surface area contributed by atoms with Crippen LogP contribution < -0.4 is 5.32 Å². The zero-order chi connectivity index (χ0) is 16.7. The summed E-state index contributed by atoms with van der Waals surface area (Å²) < 4.78 is 0. The number of fused-ring (bicyclic) bond motifs is 3. The Balaban J connectivity index is 1.56. The van der Waals surface area contributed by atoms with Crippen LogP contribution in [0.1, 0.15) is 35.6 Å². The topological polar surface area (TPSA) is 49.4 Å². The minimum absolute atomic E-state index is 0.0153. The van der Waals surface area contributed by atoms with Gasteiger partial charge in [0, 0.05) is 31.8 Å². The molecule has 5 heteroatoms. The predicted octanol–water partition coefficient (Wildman–Crippen LogP) is 2.72. The van der Waals surface area contributed by atoms with Gasteiger partial charge in [0.25, 0.3) is 0 Å². The van der Waals surface area contributed by atoms with E-state index in [1.54, 1.807) is 18.3 Å². The van der Waals surface area contributed by atoms with Crippen molar-refractivity contribution in [2.75, 3.05) is 13.1 Å². The molecule has 0 spiro atoms. The van der Waals surface area contributed by atoms with Crippen LogP contribution in [0.25, 0.3) is 0 Å². The van der Waals surface area contributed by atoms with E-state index in [2.05, 4.69) is 17.4 Å². The van der Waals surface area contributed by atoms with Crippen LogP contribution in [-0.2, 0) is 16.0 Å². The monoisotopic (exact) mass is 340 g/mol. The highest BCUT2D eigenvalue weighted by Crippen LogP contribution is 2.49. The molecule has 1 fully saturated rings. The molecule has 0 unspecified atom stereocenters. The van der Waals surface area contributed by atoms with Crippen molar-refractivity contribution in [1.29, 1.82) is 0 Å². The summed E-state index contributed by atoms with van der Waals surface area (Å²) in [6, 6.07) is 10.3. The van der Waals surface area contributed by atoms with Gasteiger partial charge in [-0.3, -0.25) is 9.59 Å². The molecule has 3 atom stereocenters. The summed E-state index contributed by atoms with van der Waals surface area (Å²) in [6.07, 6.45) is 0.468. The van der Waals surface area contributed by atoms with Gasteiger partial charge in [0.05, 0.1) is 12.5 Å². The predicted molar refractivity (Wildman–Crippen MR) is 93.8 cm³/mol. The number of carbonyl (C=O) groups is 2. The molecule has 2 heterocycles. The number of amides is 2. The largest absolute Gasteiger partial charge is 0.349 e. The second kappa shape index (κ2) is 6.06. The molecule has 1 aromatic heterocycles. The van der Waals surface area contributed by atoms with Crippen molar-refractivity contribution in [3.63, 3.8) is 0 Å². The third-order valence-electron chi connectivity index (χ3n) is 5.17. The maximum atomic E-state index is 12.6. The molecule has 124 valence electrons. The molecule has 24 heavy (non-hydrogen) atoms. The number of carbonyl (C=O) groups excluding carboxylic acids is 2. The van der Waals surface area contributed by atoms with Crippen LogP contribution in [0.15, 0.2) is 41.1 Å². The Bertz CT molecular complexity index is 771. The normalized spacial score (nSPS) is 24.5. The van der Waals surface area contributed by atoms with Crippen molar-refractivity contribution in [3.05, 3.63) is 57.8 Å². The molecule has 4 rings (SSSR count). The van der Waals surface area contributed by atoms with Crippen molar-refractivity contribution in [2.24, 2.45) is 5.92 Å². The molecule has 1 aromatic carbocycles. The minimum atomic E-state index is -0.0153. The summed E-state index contributed by atoms with van der Waals surface area (Å²) in [4.78, 5) is 26.2. The van der Waals surface area contributed by atoms with Gasteiger partial charge in [0.15, 0.2) is 0 Å². The van der Waals surface area contributed by atoms with E-state index in [1.807, 2.05) is 33.9 Å². The summed E-state index contributed by atoms with van der Waals surface area (Å²) >= 11 is 1.62. The van der Waals surface area contributed by atoms with Crippen molar-refractivity contribution in [1.82, 2.24) is 10.2 Å². The minimum Gasteiger partial charge on any atom is -0.349 e. The molecule has 4 nitrogen and oxygen atoms in total. The first-order valence-corrected chi connectivity index (χ1v) is 9.22. The summed E-state index contributed by atoms with van der Waals surface area (Å²) in [5, 5.41) is 7.14. The molecule has 2 amide bonds. The lowest BCUT2D eigenvalue weighted by Crippen LogP contribution is -2.34. The molecule has 2 aliphatic rings. The Labute approximate surface area is 145 Å². The van der Waals surface area contributed by atoms with E-state index in [1.165, 1.54) is 11.1 Å². The van der Waals surface area contributed by atoms with Crippen LogP contribution in [0.5, 0.6) is 0 Å². The average Bonchev–Trinajstić information content (AvgIpc) is 3.25. The SMILES string of the molecule is CC(=O)N[C@@H]1c2ccccc2[C@@H]2CN(C(=O)Cc3ccsc3)C[C@H]12. The molecule has 2 aromatic rings. The highest BCUT2D eigenvalue weighted by molar-refractivity contribution is 7.08.